The number of rotatable bonds is 7. The molecule has 0 bridgehead atoms. The summed E-state index contributed by atoms with van der Waals surface area (Å²) in [7, 11) is 2.79. The van der Waals surface area contributed by atoms with Crippen molar-refractivity contribution >= 4 is 34.9 Å². The first kappa shape index (κ1) is 21.7. The van der Waals surface area contributed by atoms with Gasteiger partial charge in [0.25, 0.3) is 0 Å². The predicted molar refractivity (Wildman–Crippen MR) is 117 cm³/mol. The van der Waals surface area contributed by atoms with Crippen molar-refractivity contribution < 1.29 is 19.1 Å². The third-order valence-corrected chi connectivity index (χ3v) is 5.62. The van der Waals surface area contributed by atoms with Gasteiger partial charge >= 0.3 is 12.0 Å². The van der Waals surface area contributed by atoms with Crippen LogP contribution in [0.2, 0.25) is 5.02 Å². The van der Waals surface area contributed by atoms with Gasteiger partial charge in [-0.2, -0.15) is 0 Å². The summed E-state index contributed by atoms with van der Waals surface area (Å²) in [6.07, 6.45) is 0. The van der Waals surface area contributed by atoms with Gasteiger partial charge in [-0.25, -0.2) is 9.59 Å². The van der Waals surface area contributed by atoms with Crippen molar-refractivity contribution in [2.24, 2.45) is 0 Å². The van der Waals surface area contributed by atoms with Gasteiger partial charge in [-0.3, -0.25) is 0 Å². The molecule has 2 amide bonds. The maximum Gasteiger partial charge on any atom is 0.341 e. The summed E-state index contributed by atoms with van der Waals surface area (Å²) >= 11 is 7.55. The molecule has 6 nitrogen and oxygen atoms in total. The Morgan fingerprint density at radius 2 is 1.87 bits per heavy atom. The molecular weight excluding hydrogens is 424 g/mol. The van der Waals surface area contributed by atoms with Gasteiger partial charge in [-0.1, -0.05) is 35.9 Å². The smallest absolute Gasteiger partial charge is 0.341 e. The molecule has 1 unspecified atom stereocenters. The molecule has 0 spiro atoms. The zero-order valence-corrected chi connectivity index (χ0v) is 18.0. The van der Waals surface area contributed by atoms with Crippen molar-refractivity contribution in [2.45, 2.75) is 12.6 Å². The fourth-order valence-electron chi connectivity index (χ4n) is 2.93. The standard InChI is InChI=1S/C22H21ClN2O4S/c1-28-18-10-5-14(12-17(18)21(26)29-2)13-24-22(27)25-20(19-4-3-11-30-19)15-6-8-16(23)9-7-15/h3-12,20H,13H2,1-2H3,(H2,24,25,27). The number of carbonyl (C=O) groups excluding carboxylic acids is 2. The topological polar surface area (TPSA) is 76.7 Å². The number of carbonyl (C=O) groups is 2. The van der Waals surface area contributed by atoms with Crippen molar-refractivity contribution in [1.82, 2.24) is 10.6 Å². The zero-order chi connectivity index (χ0) is 21.5. The lowest BCUT2D eigenvalue weighted by molar-refractivity contribution is 0.0597. The van der Waals surface area contributed by atoms with Crippen LogP contribution in [0, 0.1) is 0 Å². The van der Waals surface area contributed by atoms with Crippen LogP contribution in [0.5, 0.6) is 5.75 Å². The molecule has 1 atom stereocenters. The number of methoxy groups -OCH3 is 2. The number of hydrogen-bond acceptors (Lipinski definition) is 5. The zero-order valence-electron chi connectivity index (χ0n) is 16.5. The Kier molecular flexibility index (Phi) is 7.32. The highest BCUT2D eigenvalue weighted by Crippen LogP contribution is 2.27. The molecule has 0 fully saturated rings. The molecule has 1 aromatic heterocycles. The Bertz CT molecular complexity index is 1010. The van der Waals surface area contributed by atoms with E-state index in [1.54, 1.807) is 41.7 Å². The van der Waals surface area contributed by atoms with E-state index in [1.165, 1.54) is 14.2 Å². The van der Waals surface area contributed by atoms with E-state index in [9.17, 15) is 9.59 Å². The van der Waals surface area contributed by atoms with Crippen molar-refractivity contribution in [2.75, 3.05) is 14.2 Å². The molecule has 156 valence electrons. The maximum absolute atomic E-state index is 12.6. The number of benzene rings is 2. The van der Waals surface area contributed by atoms with Crippen molar-refractivity contribution in [3.8, 4) is 5.75 Å². The highest BCUT2D eigenvalue weighted by Gasteiger charge is 2.18. The molecule has 0 aliphatic rings. The summed E-state index contributed by atoms with van der Waals surface area (Å²) in [5.74, 6) is -0.0887. The van der Waals surface area contributed by atoms with E-state index < -0.39 is 5.97 Å². The molecular formula is C22H21ClN2O4S. The van der Waals surface area contributed by atoms with E-state index in [0.29, 0.717) is 16.3 Å². The van der Waals surface area contributed by atoms with Crippen LogP contribution >= 0.6 is 22.9 Å². The van der Waals surface area contributed by atoms with Gasteiger partial charge in [0.1, 0.15) is 11.3 Å². The van der Waals surface area contributed by atoms with Gasteiger partial charge in [-0.05, 0) is 46.8 Å². The molecule has 0 saturated heterocycles. The Balaban J connectivity index is 1.70. The van der Waals surface area contributed by atoms with Gasteiger partial charge in [0.15, 0.2) is 0 Å². The summed E-state index contributed by atoms with van der Waals surface area (Å²) in [6.45, 7) is 0.234. The summed E-state index contributed by atoms with van der Waals surface area (Å²) in [5, 5.41) is 8.42. The minimum absolute atomic E-state index is 0.234. The molecule has 2 N–H and O–H groups in total. The average molecular weight is 445 g/mol. The third kappa shape index (κ3) is 5.31. The highest BCUT2D eigenvalue weighted by molar-refractivity contribution is 7.10. The lowest BCUT2D eigenvalue weighted by Gasteiger charge is -2.19. The number of nitrogens with one attached hydrogen (secondary N) is 2. The van der Waals surface area contributed by atoms with Gasteiger partial charge in [0.05, 0.1) is 20.3 Å². The van der Waals surface area contributed by atoms with Crippen LogP contribution in [0.4, 0.5) is 4.79 Å². The molecule has 0 aliphatic carbocycles. The molecule has 8 heteroatoms. The lowest BCUT2D eigenvalue weighted by Crippen LogP contribution is -2.37. The number of hydrogen-bond donors (Lipinski definition) is 2. The molecule has 2 aromatic carbocycles. The van der Waals surface area contributed by atoms with E-state index in [4.69, 9.17) is 21.1 Å². The van der Waals surface area contributed by atoms with Gasteiger partial charge in [0.2, 0.25) is 0 Å². The number of esters is 1. The van der Waals surface area contributed by atoms with Crippen LogP contribution in [-0.4, -0.2) is 26.2 Å². The van der Waals surface area contributed by atoms with Gasteiger partial charge in [0, 0.05) is 16.4 Å². The van der Waals surface area contributed by atoms with Crippen LogP contribution in [0.1, 0.15) is 32.4 Å². The molecule has 30 heavy (non-hydrogen) atoms. The number of thiophene rings is 1. The van der Waals surface area contributed by atoms with E-state index >= 15 is 0 Å². The minimum Gasteiger partial charge on any atom is -0.496 e. The Morgan fingerprint density at radius 1 is 1.10 bits per heavy atom. The van der Waals surface area contributed by atoms with Crippen LogP contribution in [-0.2, 0) is 11.3 Å². The largest absolute Gasteiger partial charge is 0.496 e. The SMILES string of the molecule is COC(=O)c1cc(CNC(=O)NC(c2ccc(Cl)cc2)c2cccs2)ccc1OC. The minimum atomic E-state index is -0.501. The van der Waals surface area contributed by atoms with E-state index in [1.807, 2.05) is 29.6 Å². The van der Waals surface area contributed by atoms with Crippen LogP contribution < -0.4 is 15.4 Å². The normalized spacial score (nSPS) is 11.4. The monoisotopic (exact) mass is 444 g/mol. The second-order valence-corrected chi connectivity index (χ2v) is 7.77. The van der Waals surface area contributed by atoms with Crippen molar-refractivity contribution in [3.63, 3.8) is 0 Å². The molecule has 0 saturated carbocycles. The second-order valence-electron chi connectivity index (χ2n) is 6.35. The summed E-state index contributed by atoms with van der Waals surface area (Å²) in [4.78, 5) is 25.5. The number of halogens is 1. The fraction of sp³-hybridized carbons (Fsp3) is 0.182. The summed E-state index contributed by atoms with van der Waals surface area (Å²) in [5.41, 5.74) is 1.97. The summed E-state index contributed by atoms with van der Waals surface area (Å²) in [6, 6.07) is 15.7. The number of urea groups is 1. The van der Waals surface area contributed by atoms with E-state index in [2.05, 4.69) is 10.6 Å². The van der Waals surface area contributed by atoms with E-state index in [-0.39, 0.29) is 18.6 Å². The molecule has 0 radical (unpaired) electrons. The Hall–Kier alpha value is -3.03. The first-order valence-electron chi connectivity index (χ1n) is 9.10. The maximum atomic E-state index is 12.6. The Morgan fingerprint density at radius 3 is 2.50 bits per heavy atom. The summed E-state index contributed by atoms with van der Waals surface area (Å²) < 4.78 is 9.98. The number of amides is 2. The predicted octanol–water partition coefficient (Wildman–Crippen LogP) is 4.79. The van der Waals surface area contributed by atoms with Gasteiger partial charge < -0.3 is 20.1 Å². The van der Waals surface area contributed by atoms with Crippen LogP contribution in [0.25, 0.3) is 0 Å². The Labute approximate surface area is 183 Å². The molecule has 1 heterocycles. The average Bonchev–Trinajstić information content (AvgIpc) is 3.30. The number of ether oxygens (including phenoxy) is 2. The molecule has 0 aliphatic heterocycles. The van der Waals surface area contributed by atoms with Crippen molar-refractivity contribution in [3.05, 3.63) is 86.6 Å². The van der Waals surface area contributed by atoms with Crippen LogP contribution in [0.15, 0.2) is 60.0 Å². The lowest BCUT2D eigenvalue weighted by atomic mass is 10.1. The fourth-order valence-corrected chi connectivity index (χ4v) is 3.86. The molecule has 3 rings (SSSR count). The second kappa shape index (κ2) is 10.1. The van der Waals surface area contributed by atoms with Crippen LogP contribution in [0.3, 0.4) is 0 Å². The van der Waals surface area contributed by atoms with Gasteiger partial charge in [-0.15, -0.1) is 11.3 Å². The van der Waals surface area contributed by atoms with E-state index in [0.717, 1.165) is 16.0 Å². The highest BCUT2D eigenvalue weighted by atomic mass is 35.5. The molecule has 3 aromatic rings. The quantitative estimate of drug-likeness (QED) is 0.514. The first-order chi connectivity index (χ1) is 14.5. The first-order valence-corrected chi connectivity index (χ1v) is 10.4. The van der Waals surface area contributed by atoms with Crippen molar-refractivity contribution in [1.29, 1.82) is 0 Å². The third-order valence-electron chi connectivity index (χ3n) is 4.43.